The number of carbonyl (C=O) groups excluding carboxylic acids is 2. The van der Waals surface area contributed by atoms with Crippen LogP contribution in [0.3, 0.4) is 0 Å². The molecule has 1 aromatic carbocycles. The van der Waals surface area contributed by atoms with Gasteiger partial charge in [0.05, 0.1) is 18.2 Å². The van der Waals surface area contributed by atoms with Crippen LogP contribution >= 0.6 is 0 Å². The Kier molecular flexibility index (Phi) is 6.71. The number of nitrogens with zero attached hydrogens (tertiary/aromatic N) is 3. The second kappa shape index (κ2) is 9.41. The van der Waals surface area contributed by atoms with E-state index < -0.39 is 6.04 Å². The first-order valence-electron chi connectivity index (χ1n) is 9.50. The maximum atomic E-state index is 13.1. The Bertz CT molecular complexity index is 798. The van der Waals surface area contributed by atoms with Crippen LogP contribution in [0.15, 0.2) is 48.7 Å². The lowest BCUT2D eigenvalue weighted by molar-refractivity contribution is -0.139. The van der Waals surface area contributed by atoms with E-state index >= 15 is 0 Å². The molecule has 1 fully saturated rings. The van der Waals surface area contributed by atoms with E-state index in [4.69, 9.17) is 0 Å². The highest BCUT2D eigenvalue weighted by Gasteiger charge is 2.32. The van der Waals surface area contributed by atoms with E-state index in [9.17, 15) is 14.0 Å². The van der Waals surface area contributed by atoms with E-state index in [1.54, 1.807) is 23.2 Å². The molecule has 0 aliphatic carbocycles. The highest BCUT2D eigenvalue weighted by Crippen LogP contribution is 2.15. The number of hydrogen-bond acceptors (Lipinski definition) is 4. The van der Waals surface area contributed by atoms with Crippen molar-refractivity contribution in [2.45, 2.75) is 32.5 Å². The summed E-state index contributed by atoms with van der Waals surface area (Å²) >= 11 is 0. The fraction of sp³-hybridized carbons (Fsp3) is 0.381. The van der Waals surface area contributed by atoms with Gasteiger partial charge in [0, 0.05) is 38.9 Å². The van der Waals surface area contributed by atoms with Crippen molar-refractivity contribution in [2.24, 2.45) is 0 Å². The predicted octanol–water partition coefficient (Wildman–Crippen LogP) is 1.96. The summed E-state index contributed by atoms with van der Waals surface area (Å²) in [4.78, 5) is 33.4. The van der Waals surface area contributed by atoms with Crippen molar-refractivity contribution in [3.63, 3.8) is 0 Å². The van der Waals surface area contributed by atoms with Crippen molar-refractivity contribution in [1.29, 1.82) is 0 Å². The summed E-state index contributed by atoms with van der Waals surface area (Å²) in [6, 6.07) is 11.3. The molecule has 6 nitrogen and oxygen atoms in total. The summed E-state index contributed by atoms with van der Waals surface area (Å²) in [6.07, 6.45) is 1.83. The van der Waals surface area contributed by atoms with Gasteiger partial charge in [0.2, 0.25) is 11.8 Å². The highest BCUT2D eigenvalue weighted by molar-refractivity contribution is 5.88. The van der Waals surface area contributed by atoms with Gasteiger partial charge in [-0.2, -0.15) is 0 Å². The molecular weight excluding hydrogens is 359 g/mol. The third kappa shape index (κ3) is 5.13. The van der Waals surface area contributed by atoms with E-state index in [0.717, 1.165) is 11.3 Å². The van der Waals surface area contributed by atoms with Gasteiger partial charge >= 0.3 is 0 Å². The van der Waals surface area contributed by atoms with Gasteiger partial charge in [-0.05, 0) is 36.8 Å². The Balaban J connectivity index is 1.67. The molecule has 2 heterocycles. The minimum absolute atomic E-state index is 0.0973. The first-order valence-corrected chi connectivity index (χ1v) is 9.50. The maximum Gasteiger partial charge on any atom is 0.237 e. The van der Waals surface area contributed by atoms with Crippen LogP contribution in [0.4, 0.5) is 4.39 Å². The van der Waals surface area contributed by atoms with Crippen molar-refractivity contribution in [3.05, 3.63) is 65.7 Å². The summed E-state index contributed by atoms with van der Waals surface area (Å²) < 4.78 is 13.1. The largest absolute Gasteiger partial charge is 0.353 e. The Morgan fingerprint density at radius 3 is 2.75 bits per heavy atom. The lowest BCUT2D eigenvalue weighted by Gasteiger charge is -2.35. The second-order valence-corrected chi connectivity index (χ2v) is 6.84. The zero-order chi connectivity index (χ0) is 19.9. The van der Waals surface area contributed by atoms with Gasteiger partial charge < -0.3 is 10.2 Å². The molecule has 1 aromatic heterocycles. The Labute approximate surface area is 164 Å². The molecule has 0 bridgehead atoms. The molecule has 0 unspecified atom stereocenters. The summed E-state index contributed by atoms with van der Waals surface area (Å²) in [7, 11) is 0. The number of benzene rings is 1. The van der Waals surface area contributed by atoms with Gasteiger partial charge in [0.1, 0.15) is 5.82 Å². The highest BCUT2D eigenvalue weighted by atomic mass is 19.1. The molecule has 148 valence electrons. The average molecular weight is 384 g/mol. The van der Waals surface area contributed by atoms with Gasteiger partial charge in [-0.1, -0.05) is 18.2 Å². The molecule has 1 atom stereocenters. The minimum Gasteiger partial charge on any atom is -0.353 e. The standard InChI is InChI=1S/C21H25FN4O2/c1-2-25(14-16-6-8-17(22)9-7-16)20(27)13-19-21(28)24-11-12-26(19)15-18-5-3-4-10-23-18/h3-10,19H,2,11-15H2,1H3,(H,24,28)/t19-/m0/s1. The first-order chi connectivity index (χ1) is 13.6. The number of pyridine rings is 1. The molecule has 0 radical (unpaired) electrons. The smallest absolute Gasteiger partial charge is 0.237 e. The molecule has 3 rings (SSSR count). The molecule has 7 heteroatoms. The van der Waals surface area contributed by atoms with Crippen LogP contribution in [-0.4, -0.2) is 52.3 Å². The third-order valence-corrected chi connectivity index (χ3v) is 4.92. The normalized spacial score (nSPS) is 17.2. The molecule has 2 amide bonds. The third-order valence-electron chi connectivity index (χ3n) is 4.92. The second-order valence-electron chi connectivity index (χ2n) is 6.84. The zero-order valence-corrected chi connectivity index (χ0v) is 16.0. The monoisotopic (exact) mass is 384 g/mol. The van der Waals surface area contributed by atoms with E-state index in [0.29, 0.717) is 32.7 Å². The minimum atomic E-state index is -0.523. The van der Waals surface area contributed by atoms with Crippen LogP contribution in [0.1, 0.15) is 24.6 Å². The van der Waals surface area contributed by atoms with Crippen molar-refractivity contribution in [3.8, 4) is 0 Å². The molecule has 1 saturated heterocycles. The van der Waals surface area contributed by atoms with Gasteiger partial charge in [0.25, 0.3) is 0 Å². The van der Waals surface area contributed by atoms with Crippen LogP contribution in [-0.2, 0) is 22.7 Å². The van der Waals surface area contributed by atoms with Gasteiger partial charge in [0.15, 0.2) is 0 Å². The molecule has 28 heavy (non-hydrogen) atoms. The molecule has 1 aliphatic rings. The maximum absolute atomic E-state index is 13.1. The predicted molar refractivity (Wildman–Crippen MR) is 104 cm³/mol. The fourth-order valence-corrected chi connectivity index (χ4v) is 3.35. The quantitative estimate of drug-likeness (QED) is 0.793. The Morgan fingerprint density at radius 2 is 2.07 bits per heavy atom. The number of piperazine rings is 1. The van der Waals surface area contributed by atoms with Crippen LogP contribution in [0.2, 0.25) is 0 Å². The fourth-order valence-electron chi connectivity index (χ4n) is 3.35. The molecule has 1 aliphatic heterocycles. The number of hydrogen-bond donors (Lipinski definition) is 1. The molecule has 0 saturated carbocycles. The SMILES string of the molecule is CCN(Cc1ccc(F)cc1)C(=O)C[C@H]1C(=O)NCCN1Cc1ccccn1. The average Bonchev–Trinajstić information content (AvgIpc) is 2.71. The topological polar surface area (TPSA) is 65.5 Å². The van der Waals surface area contributed by atoms with Crippen LogP contribution in [0, 0.1) is 5.82 Å². The number of amides is 2. The number of carbonyl (C=O) groups is 2. The molecule has 1 N–H and O–H groups in total. The van der Waals surface area contributed by atoms with E-state index in [1.165, 1.54) is 12.1 Å². The van der Waals surface area contributed by atoms with Crippen molar-refractivity contribution >= 4 is 11.8 Å². The van der Waals surface area contributed by atoms with E-state index in [-0.39, 0.29) is 24.1 Å². The van der Waals surface area contributed by atoms with Gasteiger partial charge in [-0.3, -0.25) is 19.5 Å². The lowest BCUT2D eigenvalue weighted by Crippen LogP contribution is -2.56. The van der Waals surface area contributed by atoms with Crippen LogP contribution < -0.4 is 5.32 Å². The lowest BCUT2D eigenvalue weighted by atomic mass is 10.1. The van der Waals surface area contributed by atoms with Gasteiger partial charge in [-0.25, -0.2) is 4.39 Å². The number of rotatable bonds is 7. The van der Waals surface area contributed by atoms with Crippen LogP contribution in [0.5, 0.6) is 0 Å². The van der Waals surface area contributed by atoms with E-state index in [1.807, 2.05) is 30.0 Å². The number of aromatic nitrogens is 1. The van der Waals surface area contributed by atoms with Gasteiger partial charge in [-0.15, -0.1) is 0 Å². The van der Waals surface area contributed by atoms with Crippen molar-refractivity contribution in [1.82, 2.24) is 20.1 Å². The van der Waals surface area contributed by atoms with Crippen molar-refractivity contribution < 1.29 is 14.0 Å². The number of halogens is 1. The number of nitrogens with one attached hydrogen (secondary N) is 1. The molecule has 0 spiro atoms. The summed E-state index contributed by atoms with van der Waals surface area (Å²) in [5.74, 6) is -0.532. The van der Waals surface area contributed by atoms with Crippen LogP contribution in [0.25, 0.3) is 0 Å². The summed E-state index contributed by atoms with van der Waals surface area (Å²) in [5.41, 5.74) is 1.73. The first kappa shape index (κ1) is 19.9. The summed E-state index contributed by atoms with van der Waals surface area (Å²) in [5, 5.41) is 2.85. The Hall–Kier alpha value is -2.80. The van der Waals surface area contributed by atoms with E-state index in [2.05, 4.69) is 10.3 Å². The summed E-state index contributed by atoms with van der Waals surface area (Å²) in [6.45, 7) is 4.56. The Morgan fingerprint density at radius 1 is 1.29 bits per heavy atom. The molecular formula is C21H25FN4O2. The zero-order valence-electron chi connectivity index (χ0n) is 16.0. The van der Waals surface area contributed by atoms with Crippen molar-refractivity contribution in [2.75, 3.05) is 19.6 Å². The molecule has 2 aromatic rings.